The smallest absolute Gasteiger partial charge is 0.436 e. The van der Waals surface area contributed by atoms with Crippen LogP contribution in [0.15, 0.2) is 146 Å². The third-order valence-corrected chi connectivity index (χ3v) is 18.4. The van der Waals surface area contributed by atoms with Crippen molar-refractivity contribution >= 4 is 122 Å². The minimum atomic E-state index is -4.34. The van der Waals surface area contributed by atoms with Gasteiger partial charge in [0, 0.05) is 0 Å². The molecule has 0 spiro atoms. The molecule has 6 aromatic heterocycles. The van der Waals surface area contributed by atoms with Crippen LogP contribution in [0.3, 0.4) is 0 Å². The van der Waals surface area contributed by atoms with Gasteiger partial charge in [-0.15, -0.1) is 22.7 Å². The van der Waals surface area contributed by atoms with Crippen molar-refractivity contribution in [2.24, 2.45) is 0 Å². The zero-order valence-electron chi connectivity index (χ0n) is 41.2. The highest BCUT2D eigenvalue weighted by molar-refractivity contribution is 7.92. The highest BCUT2D eigenvalue weighted by atomic mass is 32.3. The van der Waals surface area contributed by atoms with E-state index in [1.807, 2.05) is 60.7 Å². The summed E-state index contributed by atoms with van der Waals surface area (Å²) in [5.41, 5.74) is 1.30. The molecule has 0 bridgehead atoms. The van der Waals surface area contributed by atoms with E-state index in [4.69, 9.17) is 14.4 Å². The predicted molar refractivity (Wildman–Crippen MR) is 285 cm³/mol. The van der Waals surface area contributed by atoms with E-state index in [0.29, 0.717) is 40.2 Å². The van der Waals surface area contributed by atoms with Crippen LogP contribution in [0.25, 0.3) is 42.8 Å². The van der Waals surface area contributed by atoms with Crippen molar-refractivity contribution in [3.8, 4) is 0 Å². The Morgan fingerprint density at radius 1 is 0.593 bits per heavy atom. The van der Waals surface area contributed by atoms with Crippen molar-refractivity contribution < 1.29 is 55.2 Å². The van der Waals surface area contributed by atoms with Crippen LogP contribution in [-0.4, -0.2) is 141 Å². The van der Waals surface area contributed by atoms with Gasteiger partial charge in [-0.25, -0.2) is 39.3 Å². The molecule has 81 heavy (non-hydrogen) atoms. The molecule has 0 radical (unpaired) electrons. The Hall–Kier alpha value is -9.99. The second kappa shape index (κ2) is 21.7. The van der Waals surface area contributed by atoms with Crippen LogP contribution in [0, 0.1) is 0 Å². The van der Waals surface area contributed by atoms with Gasteiger partial charge in [0.2, 0.25) is 14.6 Å². The third kappa shape index (κ3) is 10.7. The zero-order chi connectivity index (χ0) is 56.6. The highest BCUT2D eigenvalue weighted by Crippen LogP contribution is 2.31. The number of hydrogen-bond acceptors (Lipinski definition) is 22. The van der Waals surface area contributed by atoms with Gasteiger partial charge in [0.15, 0.2) is 28.4 Å². The highest BCUT2D eigenvalue weighted by Gasteiger charge is 2.41. The molecule has 412 valence electrons. The van der Waals surface area contributed by atoms with E-state index in [2.05, 4.69) is 45.2 Å². The van der Waals surface area contributed by atoms with E-state index in [0.717, 1.165) is 32.8 Å². The Morgan fingerprint density at radius 3 is 1.56 bits per heavy atom. The van der Waals surface area contributed by atoms with Gasteiger partial charge >= 0.3 is 18.3 Å². The molecule has 5 amide bonds. The number of hydrogen-bond donors (Lipinski definition) is 3. The first-order valence-corrected chi connectivity index (χ1v) is 28.3. The third-order valence-electron chi connectivity index (χ3n) is 12.1. The number of benzene rings is 4. The maximum absolute atomic E-state index is 13.2. The van der Waals surface area contributed by atoms with Crippen LogP contribution >= 0.6 is 22.7 Å². The number of H-pyrrole nitrogens is 2. The molecule has 12 rings (SSSR count). The number of amides is 5. The van der Waals surface area contributed by atoms with E-state index in [9.17, 15) is 50.4 Å². The largest absolute Gasteiger partial charge is 0.448 e. The van der Waals surface area contributed by atoms with Crippen molar-refractivity contribution in [1.29, 1.82) is 0 Å². The summed E-state index contributed by atoms with van der Waals surface area (Å²) in [5, 5.41) is 3.91. The average molecular weight is 1180 g/mol. The summed E-state index contributed by atoms with van der Waals surface area (Å²) in [6, 6.07) is 31.9. The van der Waals surface area contributed by atoms with E-state index in [1.54, 1.807) is 48.5 Å². The molecular weight excluding hydrogens is 1140 g/mol. The lowest BCUT2D eigenvalue weighted by molar-refractivity contribution is -0.174. The molecule has 4 aromatic carbocycles. The number of anilines is 1. The van der Waals surface area contributed by atoms with E-state index < -0.39 is 73.9 Å². The predicted octanol–water partition coefficient (Wildman–Crippen LogP) is 3.97. The minimum absolute atomic E-state index is 0.0570. The van der Waals surface area contributed by atoms with Crippen molar-refractivity contribution in [3.63, 3.8) is 0 Å². The fourth-order valence-corrected chi connectivity index (χ4v) is 13.4. The summed E-state index contributed by atoms with van der Waals surface area (Å²) in [6.07, 6.45) is -0.538. The normalized spacial score (nSPS) is 14.0. The van der Waals surface area contributed by atoms with Crippen LogP contribution in [0.2, 0.25) is 0 Å². The number of sulfonamides is 2. The number of ether oxygens (including phenoxy) is 1. The summed E-state index contributed by atoms with van der Waals surface area (Å²) >= 11 is 1.85. The first-order valence-electron chi connectivity index (χ1n) is 23.7. The molecule has 0 saturated carbocycles. The maximum Gasteiger partial charge on any atom is 0.448 e. The molecule has 2 saturated heterocycles. The number of imidazole rings is 2. The molecule has 33 heteroatoms. The van der Waals surface area contributed by atoms with E-state index >= 15 is 0 Å². The molecule has 29 nitrogen and oxygen atoms in total. The van der Waals surface area contributed by atoms with Crippen LogP contribution in [0.4, 0.5) is 20.3 Å². The first kappa shape index (κ1) is 53.0. The van der Waals surface area contributed by atoms with Gasteiger partial charge in [-0.3, -0.25) is 29.5 Å². The summed E-state index contributed by atoms with van der Waals surface area (Å²) in [5.74, 6) is -1.66. The second-order valence-corrected chi connectivity index (χ2v) is 23.4. The quantitative estimate of drug-likeness (QED) is 0.156. The molecule has 2 aliphatic heterocycles. The summed E-state index contributed by atoms with van der Waals surface area (Å²) in [6.45, 7) is -1.95. The molecule has 0 unspecified atom stereocenters. The van der Waals surface area contributed by atoms with Gasteiger partial charge in [-0.2, -0.15) is 40.6 Å². The number of hydroxylamine groups is 4. The molecule has 0 atom stereocenters. The zero-order valence-corrected chi connectivity index (χ0v) is 44.4. The standard InChI is InChI=1S/C31H24N8O8S2.C17H13N7O6S2/c40-23(38-15-16-39(31(43)47-38)49(44,45)30-33-21-13-7-8-14-22(21)48-30)17-37-18-32-24-26(37)34-28(35-27(24)41)36-29(42)46-25(19-9-3-1-4-10-19)20-11-5-2-6-12-20;25-12(7-22-9-20-13-14(22)18-8-19-15(13)26)23-5-6-24(17(27)30-23)32(28,29)16-21-10-3-1-2-4-11(10)31-16/h1-14,18,25H,15-17H2,(H2,34,35,36,41,42);1-4,8-9H,5-7H2,(H,18,19,26). The Bertz CT molecular complexity index is 4370. The van der Waals surface area contributed by atoms with E-state index in [1.165, 1.54) is 28.1 Å². The molecule has 10 aromatic rings. The molecule has 8 heterocycles. The Morgan fingerprint density at radius 2 is 1.06 bits per heavy atom. The molecular formula is C48H37N15O14S4. The molecule has 3 N–H and O–H groups in total. The minimum Gasteiger partial charge on any atom is -0.436 e. The number of nitrogens with one attached hydrogen (secondary N) is 3. The lowest BCUT2D eigenvalue weighted by Crippen LogP contribution is -2.52. The number of carbonyl (C=O) groups excluding carboxylic acids is 5. The van der Waals surface area contributed by atoms with Crippen LogP contribution < -0.4 is 16.4 Å². The van der Waals surface area contributed by atoms with Gasteiger partial charge in [-0.1, -0.05) is 84.9 Å². The summed E-state index contributed by atoms with van der Waals surface area (Å²) < 4.78 is 62.2. The Balaban J connectivity index is 0.000000186. The number of thiazole rings is 2. The van der Waals surface area contributed by atoms with Crippen LogP contribution in [0.1, 0.15) is 17.2 Å². The van der Waals surface area contributed by atoms with Gasteiger partial charge in [0.25, 0.3) is 43.0 Å². The van der Waals surface area contributed by atoms with Crippen molar-refractivity contribution in [1.82, 2.24) is 67.7 Å². The molecule has 2 fully saturated rings. The fourth-order valence-electron chi connectivity index (χ4n) is 8.22. The number of aromatic amines is 2. The molecule has 0 aliphatic carbocycles. The van der Waals surface area contributed by atoms with Crippen LogP contribution in [0.5, 0.6) is 0 Å². The average Bonchev–Trinajstić information content (AvgIpc) is 4.47. The maximum atomic E-state index is 13.2. The van der Waals surface area contributed by atoms with Gasteiger partial charge in [-0.05, 0) is 35.4 Å². The number of fused-ring (bicyclic) bond motifs is 4. The monoisotopic (exact) mass is 1180 g/mol. The Kier molecular flexibility index (Phi) is 14.2. The van der Waals surface area contributed by atoms with Crippen molar-refractivity contribution in [3.05, 3.63) is 160 Å². The fraction of sp³-hybridized carbons (Fsp3) is 0.146. The lowest BCUT2D eigenvalue weighted by atomic mass is 10.0. The number of nitrogens with zero attached hydrogens (tertiary/aromatic N) is 12. The lowest BCUT2D eigenvalue weighted by Gasteiger charge is -2.31. The first-order chi connectivity index (χ1) is 39.0. The van der Waals surface area contributed by atoms with Gasteiger partial charge < -0.3 is 28.5 Å². The van der Waals surface area contributed by atoms with Crippen molar-refractivity contribution in [2.75, 3.05) is 31.5 Å². The summed E-state index contributed by atoms with van der Waals surface area (Å²) in [4.78, 5) is 128. The summed E-state index contributed by atoms with van der Waals surface area (Å²) in [7, 11) is -8.58. The second-order valence-electron chi connectivity index (χ2n) is 17.2. The van der Waals surface area contributed by atoms with Gasteiger partial charge in [0.1, 0.15) is 13.1 Å². The topological polar surface area (TPSA) is 359 Å². The number of para-hydroxylation sites is 2. The SMILES string of the molecule is O=C(Cn1cnc2c(=O)[nH]cnc21)N1CCN(S(=O)(=O)c2nc3ccccc3s2)C(=O)O1.O=C(Nc1nc2c(ncn2CC(=O)N2CCN(S(=O)(=O)c3nc4ccccc4s3)C(=O)O2)c(=O)[nH]1)OC(c1ccccc1)c1ccccc1. The van der Waals surface area contributed by atoms with Gasteiger partial charge in [0.05, 0.1) is 65.6 Å². The van der Waals surface area contributed by atoms with Crippen molar-refractivity contribution in [2.45, 2.75) is 27.9 Å². The van der Waals surface area contributed by atoms with E-state index in [-0.39, 0.29) is 69.7 Å². The number of rotatable bonds is 12. The number of aromatic nitrogens is 10. The Labute approximate surface area is 461 Å². The molecule has 2 aliphatic rings. The van der Waals surface area contributed by atoms with Crippen LogP contribution in [-0.2, 0) is 57.1 Å². The number of carbonyl (C=O) groups is 5.